The molecule has 0 atom stereocenters. The number of nitrogens with one attached hydrogen (secondary N) is 1. The summed E-state index contributed by atoms with van der Waals surface area (Å²) < 4.78 is 10.1. The molecule has 8 nitrogen and oxygen atoms in total. The first kappa shape index (κ1) is 19.5. The highest BCUT2D eigenvalue weighted by Crippen LogP contribution is 2.31. The van der Waals surface area contributed by atoms with E-state index in [9.17, 15) is 14.4 Å². The molecule has 0 saturated heterocycles. The molecule has 0 aliphatic heterocycles. The van der Waals surface area contributed by atoms with Crippen LogP contribution >= 0.6 is 11.6 Å². The Morgan fingerprint density at radius 3 is 2.62 bits per heavy atom. The van der Waals surface area contributed by atoms with E-state index in [4.69, 9.17) is 20.9 Å². The smallest absolute Gasteiger partial charge is 0.344 e. The van der Waals surface area contributed by atoms with Crippen molar-refractivity contribution in [2.45, 2.75) is 6.92 Å². The van der Waals surface area contributed by atoms with Crippen molar-refractivity contribution < 1.29 is 23.6 Å². The summed E-state index contributed by atoms with van der Waals surface area (Å²) in [6, 6.07) is 6.84. The molecule has 0 unspecified atom stereocenters. The number of rotatable bonds is 6. The molecule has 0 spiro atoms. The van der Waals surface area contributed by atoms with Crippen LogP contribution in [0.25, 0.3) is 11.3 Å². The number of amides is 2. The van der Waals surface area contributed by atoms with E-state index < -0.39 is 18.5 Å². The summed E-state index contributed by atoms with van der Waals surface area (Å²) in [5.74, 6) is -1.40. The highest BCUT2D eigenvalue weighted by Gasteiger charge is 2.24. The lowest BCUT2D eigenvalue weighted by molar-refractivity contribution is -0.131. The van der Waals surface area contributed by atoms with Crippen LogP contribution in [0.4, 0.5) is 0 Å². The van der Waals surface area contributed by atoms with Gasteiger partial charge in [-0.05, 0) is 13.0 Å². The van der Waals surface area contributed by atoms with Gasteiger partial charge in [0.15, 0.2) is 6.61 Å². The number of benzene rings is 1. The van der Waals surface area contributed by atoms with Crippen molar-refractivity contribution >= 4 is 29.4 Å². The maximum absolute atomic E-state index is 12.4. The zero-order valence-electron chi connectivity index (χ0n) is 14.5. The Morgan fingerprint density at radius 1 is 1.27 bits per heavy atom. The van der Waals surface area contributed by atoms with Crippen LogP contribution < -0.4 is 5.32 Å². The number of nitrogens with zero attached hydrogens (tertiary/aromatic N) is 2. The van der Waals surface area contributed by atoms with Crippen LogP contribution in [0, 0.1) is 6.92 Å². The average molecular weight is 380 g/mol. The van der Waals surface area contributed by atoms with Gasteiger partial charge in [-0.3, -0.25) is 9.59 Å². The summed E-state index contributed by atoms with van der Waals surface area (Å²) in [7, 11) is 3.14. The van der Waals surface area contributed by atoms with E-state index >= 15 is 0 Å². The lowest BCUT2D eigenvalue weighted by Gasteiger charge is -2.11. The minimum absolute atomic E-state index is 0.0928. The van der Waals surface area contributed by atoms with Gasteiger partial charge < -0.3 is 19.5 Å². The number of hydrogen-bond donors (Lipinski definition) is 1. The molecule has 9 heteroatoms. The second-order valence-corrected chi connectivity index (χ2v) is 5.99. The standard InChI is InChI=1S/C17H18ClN3O5/c1-10-15(16(20-26-10)11-6-4-5-7-12(11)18)17(24)25-9-13(22)19-8-14(23)21(2)3/h4-7H,8-9H2,1-3H3,(H,19,22). The number of ether oxygens (including phenoxy) is 1. The quantitative estimate of drug-likeness (QED) is 0.766. The first-order chi connectivity index (χ1) is 12.3. The largest absolute Gasteiger partial charge is 0.452 e. The number of carbonyl (C=O) groups is 3. The van der Waals surface area contributed by atoms with Gasteiger partial charge >= 0.3 is 5.97 Å². The van der Waals surface area contributed by atoms with E-state index in [0.717, 1.165) is 0 Å². The maximum atomic E-state index is 12.4. The lowest BCUT2D eigenvalue weighted by Crippen LogP contribution is -2.38. The van der Waals surface area contributed by atoms with Crippen LogP contribution in [0.5, 0.6) is 0 Å². The summed E-state index contributed by atoms with van der Waals surface area (Å²) in [4.78, 5) is 36.8. The highest BCUT2D eigenvalue weighted by molar-refractivity contribution is 6.33. The van der Waals surface area contributed by atoms with Gasteiger partial charge in [-0.15, -0.1) is 0 Å². The van der Waals surface area contributed by atoms with Crippen molar-refractivity contribution in [3.63, 3.8) is 0 Å². The Bertz CT molecular complexity index is 832. The minimum Gasteiger partial charge on any atom is -0.452 e. The van der Waals surface area contributed by atoms with E-state index in [1.165, 1.54) is 4.90 Å². The van der Waals surface area contributed by atoms with Gasteiger partial charge in [0.2, 0.25) is 5.91 Å². The van der Waals surface area contributed by atoms with E-state index in [-0.39, 0.29) is 29.5 Å². The average Bonchev–Trinajstić information content (AvgIpc) is 2.99. The van der Waals surface area contributed by atoms with Crippen molar-refractivity contribution in [2.24, 2.45) is 0 Å². The summed E-state index contributed by atoms with van der Waals surface area (Å²) in [5.41, 5.74) is 0.843. The molecule has 0 aliphatic carbocycles. The van der Waals surface area contributed by atoms with Crippen LogP contribution in [0.3, 0.4) is 0 Å². The van der Waals surface area contributed by atoms with Crippen molar-refractivity contribution in [1.29, 1.82) is 0 Å². The Kier molecular flexibility index (Phi) is 6.35. The van der Waals surface area contributed by atoms with Gasteiger partial charge in [0.1, 0.15) is 17.0 Å². The van der Waals surface area contributed by atoms with Crippen LogP contribution in [0.2, 0.25) is 5.02 Å². The predicted octanol–water partition coefficient (Wildman–Crippen LogP) is 1.66. The summed E-state index contributed by atoms with van der Waals surface area (Å²) in [6.07, 6.45) is 0. The number of halogens is 1. The third-order valence-corrected chi connectivity index (χ3v) is 3.80. The fourth-order valence-corrected chi connectivity index (χ4v) is 2.26. The first-order valence-electron chi connectivity index (χ1n) is 7.66. The zero-order chi connectivity index (χ0) is 19.3. The molecule has 1 aromatic carbocycles. The van der Waals surface area contributed by atoms with Gasteiger partial charge in [0.05, 0.1) is 11.6 Å². The Labute approximate surface area is 155 Å². The molecule has 0 fully saturated rings. The topological polar surface area (TPSA) is 102 Å². The third-order valence-electron chi connectivity index (χ3n) is 3.47. The fraction of sp³-hybridized carbons (Fsp3) is 0.294. The number of carbonyl (C=O) groups excluding carboxylic acids is 3. The molecule has 0 aliphatic rings. The minimum atomic E-state index is -0.771. The number of aryl methyl sites for hydroxylation is 1. The normalized spacial score (nSPS) is 10.3. The monoisotopic (exact) mass is 379 g/mol. The maximum Gasteiger partial charge on any atom is 0.344 e. The highest BCUT2D eigenvalue weighted by atomic mass is 35.5. The Hall–Kier alpha value is -2.87. The number of likely N-dealkylation sites (N-methyl/N-ethyl adjacent to an activating group) is 1. The first-order valence-corrected chi connectivity index (χ1v) is 8.04. The van der Waals surface area contributed by atoms with Crippen LogP contribution in [-0.2, 0) is 14.3 Å². The zero-order valence-corrected chi connectivity index (χ0v) is 15.3. The molecule has 0 radical (unpaired) electrons. The van der Waals surface area contributed by atoms with Gasteiger partial charge in [0, 0.05) is 19.7 Å². The van der Waals surface area contributed by atoms with Gasteiger partial charge in [0.25, 0.3) is 5.91 Å². The molecular formula is C17H18ClN3O5. The molecule has 0 bridgehead atoms. The van der Waals surface area contributed by atoms with Gasteiger partial charge in [-0.25, -0.2) is 4.79 Å². The summed E-state index contributed by atoms with van der Waals surface area (Å²) in [6.45, 7) is 0.840. The van der Waals surface area contributed by atoms with Crippen molar-refractivity contribution in [1.82, 2.24) is 15.4 Å². The summed E-state index contributed by atoms with van der Waals surface area (Å²) >= 11 is 6.13. The predicted molar refractivity (Wildman–Crippen MR) is 93.7 cm³/mol. The van der Waals surface area contributed by atoms with E-state index in [1.54, 1.807) is 45.3 Å². The second-order valence-electron chi connectivity index (χ2n) is 5.58. The molecule has 0 saturated carbocycles. The fourth-order valence-electron chi connectivity index (χ4n) is 2.04. The van der Waals surface area contributed by atoms with Crippen LogP contribution in [0.15, 0.2) is 28.8 Å². The third kappa shape index (κ3) is 4.60. The van der Waals surface area contributed by atoms with Crippen molar-refractivity contribution in [2.75, 3.05) is 27.2 Å². The lowest BCUT2D eigenvalue weighted by atomic mass is 10.1. The van der Waals surface area contributed by atoms with E-state index in [1.807, 2.05) is 0 Å². The van der Waals surface area contributed by atoms with Gasteiger partial charge in [-0.2, -0.15) is 0 Å². The number of aromatic nitrogens is 1. The number of hydrogen-bond acceptors (Lipinski definition) is 6. The molecule has 1 heterocycles. The molecular weight excluding hydrogens is 362 g/mol. The van der Waals surface area contributed by atoms with E-state index in [0.29, 0.717) is 10.6 Å². The second kappa shape index (κ2) is 8.48. The molecule has 1 aromatic heterocycles. The molecule has 2 amide bonds. The SMILES string of the molecule is Cc1onc(-c2ccccc2Cl)c1C(=O)OCC(=O)NCC(=O)N(C)C. The van der Waals surface area contributed by atoms with Crippen molar-refractivity contribution in [3.05, 3.63) is 40.6 Å². The molecule has 2 rings (SSSR count). The van der Waals surface area contributed by atoms with Crippen LogP contribution in [0.1, 0.15) is 16.1 Å². The summed E-state index contributed by atoms with van der Waals surface area (Å²) in [5, 5.41) is 6.63. The molecule has 26 heavy (non-hydrogen) atoms. The Morgan fingerprint density at radius 2 is 1.96 bits per heavy atom. The molecule has 2 aromatic rings. The Balaban J connectivity index is 2.05. The number of esters is 1. The van der Waals surface area contributed by atoms with E-state index in [2.05, 4.69) is 10.5 Å². The van der Waals surface area contributed by atoms with Crippen LogP contribution in [-0.4, -0.2) is 55.1 Å². The van der Waals surface area contributed by atoms with Gasteiger partial charge in [-0.1, -0.05) is 35.0 Å². The molecule has 1 N–H and O–H groups in total. The van der Waals surface area contributed by atoms with Crippen molar-refractivity contribution in [3.8, 4) is 11.3 Å². The molecule has 138 valence electrons.